The number of nitrogens with zero attached hydrogens (tertiary/aromatic N) is 1. The van der Waals surface area contributed by atoms with Crippen molar-refractivity contribution in [1.29, 1.82) is 0 Å². The van der Waals surface area contributed by atoms with Gasteiger partial charge in [-0.2, -0.15) is 0 Å². The molecule has 2 fully saturated rings. The van der Waals surface area contributed by atoms with E-state index in [4.69, 9.17) is 4.42 Å². The van der Waals surface area contributed by atoms with Gasteiger partial charge in [0.2, 0.25) is 0 Å². The van der Waals surface area contributed by atoms with E-state index in [1.165, 1.54) is 0 Å². The number of nitrogens with one attached hydrogen (secondary N) is 1. The van der Waals surface area contributed by atoms with Gasteiger partial charge in [0.1, 0.15) is 0 Å². The van der Waals surface area contributed by atoms with Crippen LogP contribution < -0.4 is 5.32 Å². The normalized spacial score (nSPS) is 29.5. The Morgan fingerprint density at radius 2 is 2.47 bits per heavy atom. The molecule has 2 aliphatic heterocycles. The fourth-order valence-corrected chi connectivity index (χ4v) is 2.64. The minimum atomic E-state index is 0.0381. The van der Waals surface area contributed by atoms with E-state index in [9.17, 15) is 4.79 Å². The van der Waals surface area contributed by atoms with Gasteiger partial charge in [-0.1, -0.05) is 0 Å². The van der Waals surface area contributed by atoms with Crippen LogP contribution >= 0.6 is 0 Å². The summed E-state index contributed by atoms with van der Waals surface area (Å²) >= 11 is 0. The zero-order chi connectivity index (χ0) is 10.3. The minimum Gasteiger partial charge on any atom is -0.459 e. The molecule has 1 aromatic heterocycles. The summed E-state index contributed by atoms with van der Waals surface area (Å²) < 4.78 is 5.14. The Morgan fingerprint density at radius 1 is 1.53 bits per heavy atom. The number of amides is 1. The van der Waals surface area contributed by atoms with Crippen LogP contribution in [0, 0.1) is 5.92 Å². The van der Waals surface area contributed by atoms with E-state index in [-0.39, 0.29) is 5.91 Å². The number of fused-ring (bicyclic) bond motifs is 1. The molecule has 2 unspecified atom stereocenters. The van der Waals surface area contributed by atoms with Crippen LogP contribution in [0.4, 0.5) is 0 Å². The molecule has 4 nitrogen and oxygen atoms in total. The SMILES string of the molecule is O=C(c1ccco1)N1CCC2CNCC21. The highest BCUT2D eigenvalue weighted by atomic mass is 16.3. The smallest absolute Gasteiger partial charge is 0.289 e. The average Bonchev–Trinajstić information content (AvgIpc) is 2.94. The van der Waals surface area contributed by atoms with E-state index in [1.54, 1.807) is 18.4 Å². The lowest BCUT2D eigenvalue weighted by Gasteiger charge is -2.22. The summed E-state index contributed by atoms with van der Waals surface area (Å²) in [6.07, 6.45) is 2.66. The van der Waals surface area contributed by atoms with Crippen molar-refractivity contribution in [2.24, 2.45) is 5.92 Å². The predicted molar refractivity (Wildman–Crippen MR) is 54.5 cm³/mol. The summed E-state index contributed by atoms with van der Waals surface area (Å²) in [6, 6.07) is 3.87. The van der Waals surface area contributed by atoms with Gasteiger partial charge in [0, 0.05) is 25.7 Å². The van der Waals surface area contributed by atoms with Crippen LogP contribution in [-0.4, -0.2) is 36.5 Å². The second-order valence-electron chi connectivity index (χ2n) is 4.25. The molecule has 80 valence electrons. The molecule has 0 aliphatic carbocycles. The maximum absolute atomic E-state index is 12.1. The summed E-state index contributed by atoms with van der Waals surface area (Å²) in [4.78, 5) is 14.0. The molecule has 1 aromatic rings. The molecule has 0 bridgehead atoms. The van der Waals surface area contributed by atoms with Gasteiger partial charge in [-0.15, -0.1) is 0 Å². The Labute approximate surface area is 88.2 Å². The molecule has 1 amide bonds. The molecular weight excluding hydrogens is 192 g/mol. The lowest BCUT2D eigenvalue weighted by atomic mass is 10.1. The van der Waals surface area contributed by atoms with E-state index in [0.717, 1.165) is 26.1 Å². The number of likely N-dealkylation sites (tertiary alicyclic amines) is 1. The summed E-state index contributed by atoms with van der Waals surface area (Å²) in [6.45, 7) is 2.85. The van der Waals surface area contributed by atoms with Gasteiger partial charge in [-0.25, -0.2) is 0 Å². The molecule has 4 heteroatoms. The third-order valence-corrected chi connectivity index (χ3v) is 3.44. The van der Waals surface area contributed by atoms with Gasteiger partial charge in [0.25, 0.3) is 5.91 Å². The van der Waals surface area contributed by atoms with Crippen LogP contribution in [-0.2, 0) is 0 Å². The zero-order valence-corrected chi connectivity index (χ0v) is 8.48. The predicted octanol–water partition coefficient (Wildman–Crippen LogP) is 0.713. The third kappa shape index (κ3) is 1.36. The van der Waals surface area contributed by atoms with E-state index >= 15 is 0 Å². The molecular formula is C11H14N2O2. The number of carbonyl (C=O) groups excluding carboxylic acids is 1. The van der Waals surface area contributed by atoms with Gasteiger partial charge >= 0.3 is 0 Å². The molecule has 1 N–H and O–H groups in total. The monoisotopic (exact) mass is 206 g/mol. The topological polar surface area (TPSA) is 45.5 Å². The molecule has 3 rings (SSSR count). The highest BCUT2D eigenvalue weighted by molar-refractivity contribution is 5.91. The van der Waals surface area contributed by atoms with Gasteiger partial charge in [-0.3, -0.25) is 4.79 Å². The lowest BCUT2D eigenvalue weighted by Crippen LogP contribution is -2.38. The molecule has 0 aromatic carbocycles. The first-order chi connectivity index (χ1) is 7.36. The Bertz CT molecular complexity index is 361. The second-order valence-corrected chi connectivity index (χ2v) is 4.25. The van der Waals surface area contributed by atoms with Crippen molar-refractivity contribution in [3.05, 3.63) is 24.2 Å². The largest absolute Gasteiger partial charge is 0.459 e. The molecule has 0 spiro atoms. The minimum absolute atomic E-state index is 0.0381. The van der Waals surface area contributed by atoms with E-state index in [0.29, 0.717) is 17.7 Å². The summed E-state index contributed by atoms with van der Waals surface area (Å²) in [5.74, 6) is 1.14. The first-order valence-electron chi connectivity index (χ1n) is 5.41. The summed E-state index contributed by atoms with van der Waals surface area (Å²) in [5.41, 5.74) is 0. The second kappa shape index (κ2) is 3.38. The van der Waals surface area contributed by atoms with Crippen molar-refractivity contribution in [1.82, 2.24) is 10.2 Å². The van der Waals surface area contributed by atoms with Crippen LogP contribution in [0.2, 0.25) is 0 Å². The van der Waals surface area contributed by atoms with Crippen LogP contribution in [0.1, 0.15) is 17.0 Å². The van der Waals surface area contributed by atoms with Crippen LogP contribution in [0.15, 0.2) is 22.8 Å². The van der Waals surface area contributed by atoms with Gasteiger partial charge in [0.05, 0.1) is 6.26 Å². The summed E-state index contributed by atoms with van der Waals surface area (Å²) in [7, 11) is 0. The molecule has 15 heavy (non-hydrogen) atoms. The molecule has 2 saturated heterocycles. The number of hydrogen-bond donors (Lipinski definition) is 1. The van der Waals surface area contributed by atoms with Crippen molar-refractivity contribution in [3.8, 4) is 0 Å². The van der Waals surface area contributed by atoms with Gasteiger partial charge in [0.15, 0.2) is 5.76 Å². The van der Waals surface area contributed by atoms with Crippen molar-refractivity contribution >= 4 is 5.91 Å². The van der Waals surface area contributed by atoms with E-state index < -0.39 is 0 Å². The molecule has 3 heterocycles. The van der Waals surface area contributed by atoms with Crippen molar-refractivity contribution in [2.45, 2.75) is 12.5 Å². The van der Waals surface area contributed by atoms with Gasteiger partial charge in [-0.05, 0) is 24.5 Å². The van der Waals surface area contributed by atoms with E-state index in [2.05, 4.69) is 5.32 Å². The quantitative estimate of drug-likeness (QED) is 0.736. The maximum Gasteiger partial charge on any atom is 0.289 e. The number of furan rings is 1. The molecule has 2 atom stereocenters. The Morgan fingerprint density at radius 3 is 3.27 bits per heavy atom. The molecule has 2 aliphatic rings. The highest BCUT2D eigenvalue weighted by Crippen LogP contribution is 2.28. The van der Waals surface area contributed by atoms with Crippen molar-refractivity contribution in [2.75, 3.05) is 19.6 Å². The number of rotatable bonds is 1. The summed E-state index contributed by atoms with van der Waals surface area (Å²) in [5, 5.41) is 3.33. The lowest BCUT2D eigenvalue weighted by molar-refractivity contribution is 0.0705. The maximum atomic E-state index is 12.1. The first-order valence-corrected chi connectivity index (χ1v) is 5.41. The van der Waals surface area contributed by atoms with Crippen molar-refractivity contribution in [3.63, 3.8) is 0 Å². The standard InChI is InChI=1S/C11H14N2O2/c14-11(10-2-1-5-15-10)13-4-3-8-6-12-7-9(8)13/h1-2,5,8-9,12H,3-4,6-7H2. The molecule has 0 saturated carbocycles. The molecule has 0 radical (unpaired) electrons. The average molecular weight is 206 g/mol. The Hall–Kier alpha value is -1.29. The Balaban J connectivity index is 1.80. The number of carbonyl (C=O) groups is 1. The van der Waals surface area contributed by atoms with Crippen molar-refractivity contribution < 1.29 is 9.21 Å². The first kappa shape index (κ1) is 8.97. The van der Waals surface area contributed by atoms with E-state index in [1.807, 2.05) is 4.90 Å². The Kier molecular flexibility index (Phi) is 2.02. The van der Waals surface area contributed by atoms with Crippen LogP contribution in [0.5, 0.6) is 0 Å². The van der Waals surface area contributed by atoms with Crippen LogP contribution in [0.3, 0.4) is 0 Å². The highest BCUT2D eigenvalue weighted by Gasteiger charge is 2.40. The number of hydrogen-bond acceptors (Lipinski definition) is 3. The van der Waals surface area contributed by atoms with Crippen LogP contribution in [0.25, 0.3) is 0 Å². The third-order valence-electron chi connectivity index (χ3n) is 3.44. The fraction of sp³-hybridized carbons (Fsp3) is 0.545. The van der Waals surface area contributed by atoms with Gasteiger partial charge < -0.3 is 14.6 Å². The zero-order valence-electron chi connectivity index (χ0n) is 8.48. The fourth-order valence-electron chi connectivity index (χ4n) is 2.64.